The molecule has 0 aliphatic rings. The molecular formula is C12H18F3IN4OS. The van der Waals surface area contributed by atoms with Crippen LogP contribution in [0.5, 0.6) is 0 Å². The maximum absolute atomic E-state index is 12.2. The molecule has 0 radical (unpaired) electrons. The molecule has 1 rings (SSSR count). The van der Waals surface area contributed by atoms with E-state index in [1.54, 1.807) is 11.3 Å². The molecule has 0 spiro atoms. The van der Waals surface area contributed by atoms with Crippen LogP contribution in [0.2, 0.25) is 0 Å². The van der Waals surface area contributed by atoms with Gasteiger partial charge in [-0.25, -0.2) is 0 Å². The molecule has 0 fully saturated rings. The van der Waals surface area contributed by atoms with Crippen molar-refractivity contribution in [1.82, 2.24) is 15.5 Å². The molecule has 22 heavy (non-hydrogen) atoms. The maximum atomic E-state index is 12.2. The first kappa shape index (κ1) is 21.0. The normalized spacial score (nSPS) is 11.6. The molecule has 2 N–H and O–H groups in total. The predicted molar refractivity (Wildman–Crippen MR) is 91.6 cm³/mol. The van der Waals surface area contributed by atoms with Crippen LogP contribution in [0.4, 0.5) is 13.2 Å². The third-order valence-corrected chi connectivity index (χ3v) is 3.36. The van der Waals surface area contributed by atoms with E-state index in [0.717, 1.165) is 11.9 Å². The second-order valence-electron chi connectivity index (χ2n) is 4.22. The second kappa shape index (κ2) is 9.87. The molecule has 0 aromatic carbocycles. The third-order valence-electron chi connectivity index (χ3n) is 2.48. The Morgan fingerprint density at radius 2 is 2.09 bits per heavy atom. The van der Waals surface area contributed by atoms with E-state index in [9.17, 15) is 18.0 Å². The van der Waals surface area contributed by atoms with Gasteiger partial charge in [0.15, 0.2) is 5.96 Å². The largest absolute Gasteiger partial charge is 0.406 e. The van der Waals surface area contributed by atoms with Gasteiger partial charge in [-0.05, 0) is 11.4 Å². The van der Waals surface area contributed by atoms with E-state index in [-0.39, 0.29) is 30.5 Å². The van der Waals surface area contributed by atoms with Crippen molar-refractivity contribution in [3.8, 4) is 0 Å². The molecule has 5 nitrogen and oxygen atoms in total. The van der Waals surface area contributed by atoms with Crippen LogP contribution in [-0.4, -0.2) is 50.1 Å². The summed E-state index contributed by atoms with van der Waals surface area (Å²) in [6.45, 7) is -0.991. The van der Waals surface area contributed by atoms with Gasteiger partial charge in [0, 0.05) is 19.0 Å². The summed E-state index contributed by atoms with van der Waals surface area (Å²) in [6.07, 6.45) is -4.40. The molecule has 1 aromatic rings. The first-order chi connectivity index (χ1) is 9.81. The lowest BCUT2D eigenvalue weighted by atomic mass is 10.4. The van der Waals surface area contributed by atoms with E-state index in [2.05, 4.69) is 15.6 Å². The number of nitrogens with zero attached hydrogens (tertiary/aromatic N) is 2. The highest BCUT2D eigenvalue weighted by Crippen LogP contribution is 2.15. The molecule has 1 heterocycles. The van der Waals surface area contributed by atoms with E-state index < -0.39 is 18.6 Å². The summed E-state index contributed by atoms with van der Waals surface area (Å²) >= 11 is 1.57. The molecule has 1 amide bonds. The summed E-state index contributed by atoms with van der Waals surface area (Å²) in [7, 11) is 2.63. The first-order valence-electron chi connectivity index (χ1n) is 6.09. The highest BCUT2D eigenvalue weighted by atomic mass is 127. The number of likely N-dealkylation sites (N-methyl/N-ethyl adjacent to an activating group) is 1. The predicted octanol–water partition coefficient (Wildman–Crippen LogP) is 2.05. The Balaban J connectivity index is 0.00000441. The third kappa shape index (κ3) is 8.41. The molecule has 0 atom stereocenters. The van der Waals surface area contributed by atoms with Crippen molar-refractivity contribution >= 4 is 47.2 Å². The summed E-state index contributed by atoms with van der Waals surface area (Å²) in [4.78, 5) is 17.2. The Morgan fingerprint density at radius 1 is 1.41 bits per heavy atom. The number of thiophene rings is 1. The number of alkyl halides is 3. The number of halogens is 4. The molecule has 0 saturated carbocycles. The average Bonchev–Trinajstić information content (AvgIpc) is 2.89. The van der Waals surface area contributed by atoms with Crippen LogP contribution in [0.3, 0.4) is 0 Å². The van der Waals surface area contributed by atoms with Crippen LogP contribution in [-0.2, 0) is 11.3 Å². The van der Waals surface area contributed by atoms with Crippen molar-refractivity contribution in [2.75, 3.05) is 27.2 Å². The van der Waals surface area contributed by atoms with Gasteiger partial charge >= 0.3 is 6.18 Å². The maximum Gasteiger partial charge on any atom is 0.406 e. The van der Waals surface area contributed by atoms with Crippen LogP contribution >= 0.6 is 35.3 Å². The zero-order valence-electron chi connectivity index (χ0n) is 12.1. The van der Waals surface area contributed by atoms with E-state index in [1.807, 2.05) is 17.5 Å². The quantitative estimate of drug-likeness (QED) is 0.411. The minimum Gasteiger partial charge on any atom is -0.352 e. The first-order valence-corrected chi connectivity index (χ1v) is 6.97. The van der Waals surface area contributed by atoms with Crippen molar-refractivity contribution < 1.29 is 18.0 Å². The molecule has 126 valence electrons. The molecule has 0 aliphatic carbocycles. The number of carbonyl (C=O) groups excluding carboxylic acids is 1. The van der Waals surface area contributed by atoms with E-state index in [4.69, 9.17) is 0 Å². The monoisotopic (exact) mass is 450 g/mol. The van der Waals surface area contributed by atoms with Crippen LogP contribution in [0.25, 0.3) is 0 Å². The standard InChI is InChI=1S/C12H17F3N4OS.HI/c1-16-11(17-6-9-4-3-5-21-9)18-7-10(20)19(2)8-12(13,14)15;/h3-5H,6-8H2,1-2H3,(H2,16,17,18);1H. The van der Waals surface area contributed by atoms with Gasteiger partial charge in [-0.1, -0.05) is 6.07 Å². The average molecular weight is 450 g/mol. The molecular weight excluding hydrogens is 432 g/mol. The summed E-state index contributed by atoms with van der Waals surface area (Å²) < 4.78 is 36.5. The fourth-order valence-corrected chi connectivity index (χ4v) is 2.10. The van der Waals surface area contributed by atoms with Crippen molar-refractivity contribution in [3.05, 3.63) is 22.4 Å². The highest BCUT2D eigenvalue weighted by molar-refractivity contribution is 14.0. The number of aliphatic imine (C=N–C) groups is 1. The van der Waals surface area contributed by atoms with Crippen LogP contribution in [0.15, 0.2) is 22.5 Å². The molecule has 10 heteroatoms. The van der Waals surface area contributed by atoms with Crippen LogP contribution in [0, 0.1) is 0 Å². The summed E-state index contributed by atoms with van der Waals surface area (Å²) in [5.74, 6) is -0.302. The van der Waals surface area contributed by atoms with Crippen LogP contribution in [0.1, 0.15) is 4.88 Å². The van der Waals surface area contributed by atoms with Gasteiger partial charge in [0.05, 0.1) is 13.1 Å². The van der Waals surface area contributed by atoms with E-state index in [1.165, 1.54) is 7.05 Å². The minimum atomic E-state index is -4.40. The summed E-state index contributed by atoms with van der Waals surface area (Å²) in [5, 5.41) is 7.59. The molecule has 0 unspecified atom stereocenters. The van der Waals surface area contributed by atoms with Gasteiger partial charge in [-0.15, -0.1) is 35.3 Å². The van der Waals surface area contributed by atoms with Gasteiger partial charge in [-0.3, -0.25) is 9.79 Å². The molecule has 0 bridgehead atoms. The smallest absolute Gasteiger partial charge is 0.352 e. The fraction of sp³-hybridized carbons (Fsp3) is 0.500. The van der Waals surface area contributed by atoms with Crippen molar-refractivity contribution in [2.45, 2.75) is 12.7 Å². The van der Waals surface area contributed by atoms with Gasteiger partial charge < -0.3 is 15.5 Å². The lowest BCUT2D eigenvalue weighted by Gasteiger charge is -2.19. The van der Waals surface area contributed by atoms with Crippen molar-refractivity contribution in [1.29, 1.82) is 0 Å². The van der Waals surface area contributed by atoms with Gasteiger partial charge in [0.1, 0.15) is 6.54 Å². The topological polar surface area (TPSA) is 56.7 Å². The van der Waals surface area contributed by atoms with Gasteiger partial charge in [-0.2, -0.15) is 13.2 Å². The molecule has 0 aliphatic heterocycles. The second-order valence-corrected chi connectivity index (χ2v) is 5.26. The van der Waals surface area contributed by atoms with Crippen LogP contribution < -0.4 is 10.6 Å². The van der Waals surface area contributed by atoms with E-state index in [0.29, 0.717) is 17.4 Å². The fourth-order valence-electron chi connectivity index (χ4n) is 1.46. The number of rotatable bonds is 5. The van der Waals surface area contributed by atoms with Crippen molar-refractivity contribution in [2.24, 2.45) is 4.99 Å². The number of hydrogen-bond donors (Lipinski definition) is 2. The Bertz CT molecular complexity index is 479. The van der Waals surface area contributed by atoms with Crippen molar-refractivity contribution in [3.63, 3.8) is 0 Å². The summed E-state index contributed by atoms with van der Waals surface area (Å²) in [5.41, 5.74) is 0. The lowest BCUT2D eigenvalue weighted by Crippen LogP contribution is -2.45. The molecule has 0 saturated heterocycles. The molecule has 1 aromatic heterocycles. The Kier molecular flexibility index (Phi) is 9.41. The lowest BCUT2D eigenvalue weighted by molar-refractivity contribution is -0.157. The Hall–Kier alpha value is -1.04. The van der Waals surface area contributed by atoms with E-state index >= 15 is 0 Å². The number of nitrogens with one attached hydrogen (secondary N) is 2. The number of amides is 1. The highest BCUT2D eigenvalue weighted by Gasteiger charge is 2.31. The zero-order valence-corrected chi connectivity index (χ0v) is 15.3. The number of carbonyl (C=O) groups is 1. The number of guanidine groups is 1. The van der Waals surface area contributed by atoms with Gasteiger partial charge in [0.25, 0.3) is 0 Å². The van der Waals surface area contributed by atoms with Gasteiger partial charge in [0.2, 0.25) is 5.91 Å². The Morgan fingerprint density at radius 3 is 2.59 bits per heavy atom. The Labute approximate surface area is 148 Å². The zero-order chi connectivity index (χ0) is 15.9. The minimum absolute atomic E-state index is 0. The summed E-state index contributed by atoms with van der Waals surface area (Å²) in [6, 6.07) is 3.85. The SMILES string of the molecule is CN=C(NCC(=O)N(C)CC(F)(F)F)NCc1cccs1.I. The number of hydrogen-bond acceptors (Lipinski definition) is 3.